The minimum atomic E-state index is -0.394. The van der Waals surface area contributed by atoms with E-state index in [9.17, 15) is 14.4 Å². The molecule has 2 amide bonds. The Balaban J connectivity index is 1.88. The van der Waals surface area contributed by atoms with Crippen molar-refractivity contribution < 1.29 is 18.8 Å². The molecule has 4 rings (SSSR count). The number of fused-ring (bicyclic) bond motifs is 1. The highest BCUT2D eigenvalue weighted by Crippen LogP contribution is 2.36. The summed E-state index contributed by atoms with van der Waals surface area (Å²) in [5.41, 5.74) is 2.52. The molecule has 0 spiro atoms. The lowest BCUT2D eigenvalue weighted by Gasteiger charge is -2.16. The second kappa shape index (κ2) is 5.56. The summed E-state index contributed by atoms with van der Waals surface area (Å²) in [7, 11) is 0. The first-order valence-electron chi connectivity index (χ1n) is 7.74. The molecule has 0 bridgehead atoms. The molecule has 2 aromatic carbocycles. The average Bonchev–Trinajstić information content (AvgIpc) is 3.20. The molecule has 0 saturated carbocycles. The maximum Gasteiger partial charge on any atom is 0.266 e. The Morgan fingerprint density at radius 1 is 0.880 bits per heavy atom. The molecule has 1 aliphatic rings. The van der Waals surface area contributed by atoms with Crippen molar-refractivity contribution >= 4 is 23.8 Å². The van der Waals surface area contributed by atoms with Crippen molar-refractivity contribution in [1.29, 1.82) is 0 Å². The quantitative estimate of drug-likeness (QED) is 0.540. The third kappa shape index (κ3) is 2.21. The van der Waals surface area contributed by atoms with Crippen molar-refractivity contribution in [3.8, 4) is 11.3 Å². The molecule has 1 aliphatic heterocycles. The topological polar surface area (TPSA) is 67.6 Å². The molecule has 3 aromatic rings. The van der Waals surface area contributed by atoms with Gasteiger partial charge in [0.1, 0.15) is 5.76 Å². The molecule has 0 saturated heterocycles. The summed E-state index contributed by atoms with van der Waals surface area (Å²) in [4.78, 5) is 37.9. The van der Waals surface area contributed by atoms with Gasteiger partial charge < -0.3 is 4.42 Å². The molecule has 25 heavy (non-hydrogen) atoms. The molecule has 0 atom stereocenters. The summed E-state index contributed by atoms with van der Waals surface area (Å²) in [5, 5.41) is 0. The predicted molar refractivity (Wildman–Crippen MR) is 91.9 cm³/mol. The number of amides is 2. The van der Waals surface area contributed by atoms with Crippen LogP contribution in [0.2, 0.25) is 0 Å². The highest BCUT2D eigenvalue weighted by molar-refractivity contribution is 6.36. The van der Waals surface area contributed by atoms with Gasteiger partial charge >= 0.3 is 0 Å². The first-order valence-corrected chi connectivity index (χ1v) is 7.74. The maximum absolute atomic E-state index is 13.0. The number of anilines is 1. The van der Waals surface area contributed by atoms with E-state index in [2.05, 4.69) is 0 Å². The van der Waals surface area contributed by atoms with Gasteiger partial charge in [0.15, 0.2) is 12.0 Å². The van der Waals surface area contributed by atoms with Gasteiger partial charge in [-0.2, -0.15) is 0 Å². The summed E-state index contributed by atoms with van der Waals surface area (Å²) in [5.74, 6) is -0.209. The Kier molecular flexibility index (Phi) is 3.35. The fraction of sp³-hybridized carbons (Fsp3) is 0.0500. The minimum absolute atomic E-state index is 0.167. The van der Waals surface area contributed by atoms with Crippen LogP contribution in [0.25, 0.3) is 11.3 Å². The van der Waals surface area contributed by atoms with Gasteiger partial charge in [0.05, 0.1) is 16.8 Å². The van der Waals surface area contributed by atoms with Crippen LogP contribution < -0.4 is 4.90 Å². The van der Waals surface area contributed by atoms with E-state index in [-0.39, 0.29) is 11.7 Å². The number of para-hydroxylation sites is 1. The number of carbonyl (C=O) groups is 3. The molecule has 0 aliphatic carbocycles. The van der Waals surface area contributed by atoms with Gasteiger partial charge in [0.25, 0.3) is 11.8 Å². The van der Waals surface area contributed by atoms with Crippen molar-refractivity contribution in [3.63, 3.8) is 0 Å². The fourth-order valence-corrected chi connectivity index (χ4v) is 3.08. The zero-order valence-electron chi connectivity index (χ0n) is 13.4. The predicted octanol–water partition coefficient (Wildman–Crippen LogP) is 3.87. The van der Waals surface area contributed by atoms with Crippen LogP contribution in [0.15, 0.2) is 59.0 Å². The molecular weight excluding hydrogens is 318 g/mol. The number of benzene rings is 2. The van der Waals surface area contributed by atoms with Crippen molar-refractivity contribution in [2.75, 3.05) is 4.90 Å². The second-order valence-electron chi connectivity index (χ2n) is 5.78. The van der Waals surface area contributed by atoms with E-state index in [1.807, 2.05) is 19.1 Å². The Hall–Kier alpha value is -3.47. The Labute approximate surface area is 143 Å². The molecule has 1 aromatic heterocycles. The number of aldehydes is 1. The lowest BCUT2D eigenvalue weighted by atomic mass is 10.0. The normalized spacial score (nSPS) is 13.2. The van der Waals surface area contributed by atoms with Crippen LogP contribution in [0.3, 0.4) is 0 Å². The smallest absolute Gasteiger partial charge is 0.266 e. The zero-order chi connectivity index (χ0) is 17.6. The number of nitrogens with zero attached hydrogens (tertiary/aromatic N) is 1. The van der Waals surface area contributed by atoms with E-state index < -0.39 is 5.91 Å². The van der Waals surface area contributed by atoms with Crippen LogP contribution in [0, 0.1) is 6.92 Å². The SMILES string of the molecule is Cc1ccccc1N1C(=O)c2cccc(-c3ccc(C=O)o3)c2C1=O. The molecular formula is C20H13NO4. The van der Waals surface area contributed by atoms with Crippen molar-refractivity contribution in [3.05, 3.63) is 77.0 Å². The largest absolute Gasteiger partial charge is 0.453 e. The zero-order valence-corrected chi connectivity index (χ0v) is 13.4. The molecule has 5 nitrogen and oxygen atoms in total. The first-order chi connectivity index (χ1) is 12.1. The van der Waals surface area contributed by atoms with Gasteiger partial charge in [-0.3, -0.25) is 14.4 Å². The summed E-state index contributed by atoms with van der Waals surface area (Å²) in [6, 6.07) is 15.4. The molecule has 2 heterocycles. The molecule has 0 unspecified atom stereocenters. The van der Waals surface area contributed by atoms with Crippen molar-refractivity contribution in [2.45, 2.75) is 6.92 Å². The molecule has 0 fully saturated rings. The van der Waals surface area contributed by atoms with Crippen LogP contribution >= 0.6 is 0 Å². The monoisotopic (exact) mass is 331 g/mol. The van der Waals surface area contributed by atoms with Crippen molar-refractivity contribution in [2.24, 2.45) is 0 Å². The van der Waals surface area contributed by atoms with E-state index in [0.29, 0.717) is 34.4 Å². The third-order valence-electron chi connectivity index (χ3n) is 4.28. The standard InChI is InChI=1S/C20H13NO4/c1-12-5-2-3-8-16(12)21-19(23)15-7-4-6-14(18(15)20(21)24)17-10-9-13(11-22)25-17/h2-11H,1H3. The number of furan rings is 1. The number of hydrogen-bond donors (Lipinski definition) is 0. The van der Waals surface area contributed by atoms with Crippen molar-refractivity contribution in [1.82, 2.24) is 0 Å². The van der Waals surface area contributed by atoms with Gasteiger partial charge in [-0.05, 0) is 36.8 Å². The van der Waals surface area contributed by atoms with Crippen LogP contribution in [-0.4, -0.2) is 18.1 Å². The number of aryl methyl sites for hydroxylation is 1. The van der Waals surface area contributed by atoms with Gasteiger partial charge in [-0.25, -0.2) is 4.90 Å². The molecule has 122 valence electrons. The van der Waals surface area contributed by atoms with E-state index in [1.165, 1.54) is 11.0 Å². The number of imide groups is 1. The second-order valence-corrected chi connectivity index (χ2v) is 5.78. The Morgan fingerprint density at radius 2 is 1.64 bits per heavy atom. The van der Waals surface area contributed by atoms with Crippen LogP contribution in [0.5, 0.6) is 0 Å². The van der Waals surface area contributed by atoms with Gasteiger partial charge in [0, 0.05) is 5.56 Å². The number of carbonyl (C=O) groups excluding carboxylic acids is 3. The van der Waals surface area contributed by atoms with E-state index in [0.717, 1.165) is 5.56 Å². The maximum atomic E-state index is 13.0. The summed E-state index contributed by atoms with van der Waals surface area (Å²) in [6.45, 7) is 1.85. The number of rotatable bonds is 3. The fourth-order valence-electron chi connectivity index (χ4n) is 3.08. The summed E-state index contributed by atoms with van der Waals surface area (Å²) >= 11 is 0. The summed E-state index contributed by atoms with van der Waals surface area (Å²) < 4.78 is 5.44. The summed E-state index contributed by atoms with van der Waals surface area (Å²) in [6.07, 6.45) is 0.597. The van der Waals surface area contributed by atoms with Crippen LogP contribution in [0.4, 0.5) is 5.69 Å². The molecule has 0 radical (unpaired) electrons. The van der Waals surface area contributed by atoms with E-state index in [1.54, 1.807) is 36.4 Å². The van der Waals surface area contributed by atoms with Gasteiger partial charge in [-0.15, -0.1) is 0 Å². The highest BCUT2D eigenvalue weighted by atomic mass is 16.3. The minimum Gasteiger partial charge on any atom is -0.453 e. The highest BCUT2D eigenvalue weighted by Gasteiger charge is 2.39. The third-order valence-corrected chi connectivity index (χ3v) is 4.28. The Morgan fingerprint density at radius 3 is 2.36 bits per heavy atom. The number of hydrogen-bond acceptors (Lipinski definition) is 4. The van der Waals surface area contributed by atoms with Gasteiger partial charge in [-0.1, -0.05) is 30.3 Å². The van der Waals surface area contributed by atoms with E-state index in [4.69, 9.17) is 4.42 Å². The average molecular weight is 331 g/mol. The van der Waals surface area contributed by atoms with Crippen LogP contribution in [0.1, 0.15) is 36.8 Å². The Bertz CT molecular complexity index is 1030. The molecule has 0 N–H and O–H groups in total. The van der Waals surface area contributed by atoms with Gasteiger partial charge in [0.2, 0.25) is 0 Å². The first kappa shape index (κ1) is 15.1. The van der Waals surface area contributed by atoms with Crippen LogP contribution in [-0.2, 0) is 0 Å². The lowest BCUT2D eigenvalue weighted by molar-refractivity contribution is 0.0925. The molecule has 5 heteroatoms. The lowest BCUT2D eigenvalue weighted by Crippen LogP contribution is -2.30. The van der Waals surface area contributed by atoms with E-state index >= 15 is 0 Å².